The first-order valence-electron chi connectivity index (χ1n) is 10.6. The van der Waals surface area contributed by atoms with Gasteiger partial charge >= 0.3 is 0 Å². The van der Waals surface area contributed by atoms with Crippen LogP contribution in [0.5, 0.6) is 0 Å². The van der Waals surface area contributed by atoms with Gasteiger partial charge in [0.05, 0.1) is 5.92 Å². The number of rotatable bonds is 4. The van der Waals surface area contributed by atoms with E-state index in [4.69, 9.17) is 12.2 Å². The fourth-order valence-electron chi connectivity index (χ4n) is 4.78. The van der Waals surface area contributed by atoms with E-state index in [1.807, 2.05) is 30.0 Å². The summed E-state index contributed by atoms with van der Waals surface area (Å²) in [6.07, 6.45) is 4.91. The normalized spacial score (nSPS) is 27.5. The van der Waals surface area contributed by atoms with Gasteiger partial charge in [0.15, 0.2) is 5.11 Å². The molecule has 1 N–H and O–H groups in total. The Balaban J connectivity index is 1.33. The van der Waals surface area contributed by atoms with E-state index in [2.05, 4.69) is 15.2 Å². The Kier molecular flexibility index (Phi) is 5.99. The van der Waals surface area contributed by atoms with E-state index in [-0.39, 0.29) is 29.7 Å². The van der Waals surface area contributed by atoms with Gasteiger partial charge in [0.25, 0.3) is 0 Å². The molecule has 3 fully saturated rings. The molecule has 8 heteroatoms. The molecule has 3 aliphatic rings. The standard InChI is InChI=1S/C21H29N5O2S/c1-2-9-26-20(28)16-7-6-15(14-17(16)23-21(26)29)19(27)25-12-10-24(11-13-25)18-5-3-4-8-22-18/h3-5,8,15-17H,2,6-7,9-14H2,1H3,(H,23,29). The largest absolute Gasteiger partial charge is 0.359 e. The molecular formula is C21H29N5O2S. The van der Waals surface area contributed by atoms with Gasteiger partial charge in [-0.2, -0.15) is 0 Å². The van der Waals surface area contributed by atoms with Gasteiger partial charge in [-0.05, 0) is 50.0 Å². The Morgan fingerprint density at radius 3 is 2.72 bits per heavy atom. The first-order chi connectivity index (χ1) is 14.1. The Labute approximate surface area is 177 Å². The van der Waals surface area contributed by atoms with Gasteiger partial charge in [-0.1, -0.05) is 13.0 Å². The molecular weight excluding hydrogens is 386 g/mol. The molecule has 0 bridgehead atoms. The lowest BCUT2D eigenvalue weighted by Gasteiger charge is -2.44. The van der Waals surface area contributed by atoms with E-state index in [1.165, 1.54) is 0 Å². The minimum atomic E-state index is -0.0571. The molecule has 1 aromatic heterocycles. The number of hydrogen-bond donors (Lipinski definition) is 1. The van der Waals surface area contributed by atoms with Gasteiger partial charge in [-0.3, -0.25) is 14.5 Å². The molecule has 0 spiro atoms. The molecule has 156 valence electrons. The van der Waals surface area contributed by atoms with Gasteiger partial charge in [-0.15, -0.1) is 0 Å². The van der Waals surface area contributed by atoms with Crippen molar-refractivity contribution in [2.24, 2.45) is 11.8 Å². The number of amides is 2. The number of pyridine rings is 1. The smallest absolute Gasteiger partial charge is 0.233 e. The lowest BCUT2D eigenvalue weighted by molar-refractivity contribution is -0.142. The van der Waals surface area contributed by atoms with Crippen molar-refractivity contribution in [3.8, 4) is 0 Å². The van der Waals surface area contributed by atoms with Crippen molar-refractivity contribution in [1.82, 2.24) is 20.1 Å². The van der Waals surface area contributed by atoms with E-state index in [0.717, 1.165) is 51.3 Å². The van der Waals surface area contributed by atoms with Crippen LogP contribution in [0.2, 0.25) is 0 Å². The van der Waals surface area contributed by atoms with Crippen molar-refractivity contribution in [3.63, 3.8) is 0 Å². The van der Waals surface area contributed by atoms with Crippen LogP contribution >= 0.6 is 12.2 Å². The maximum absolute atomic E-state index is 13.1. The second-order valence-corrected chi connectivity index (χ2v) is 8.55. The fraction of sp³-hybridized carbons (Fsp3) is 0.619. The second-order valence-electron chi connectivity index (χ2n) is 8.16. The number of piperazine rings is 1. The Morgan fingerprint density at radius 2 is 2.03 bits per heavy atom. The third kappa shape index (κ3) is 4.08. The minimum absolute atomic E-state index is 0.0133. The van der Waals surface area contributed by atoms with Gasteiger partial charge in [0.2, 0.25) is 11.8 Å². The molecule has 2 amide bonds. The Bertz CT molecular complexity index is 766. The SMILES string of the molecule is CCCN1C(=O)C2CCC(C(=O)N3CCN(c4ccccn4)CC3)CC2NC1=S. The van der Waals surface area contributed by atoms with Gasteiger partial charge in [-0.25, -0.2) is 4.98 Å². The third-order valence-electron chi connectivity index (χ3n) is 6.35. The molecule has 1 aliphatic carbocycles. The lowest BCUT2D eigenvalue weighted by Crippen LogP contribution is -2.62. The van der Waals surface area contributed by atoms with E-state index in [1.54, 1.807) is 11.1 Å². The van der Waals surface area contributed by atoms with Crippen molar-refractivity contribution >= 4 is 35.0 Å². The molecule has 3 unspecified atom stereocenters. The van der Waals surface area contributed by atoms with Gasteiger partial charge < -0.3 is 15.1 Å². The maximum atomic E-state index is 13.1. The molecule has 4 rings (SSSR count). The highest BCUT2D eigenvalue weighted by Crippen LogP contribution is 2.34. The lowest BCUT2D eigenvalue weighted by atomic mass is 9.76. The number of fused-ring (bicyclic) bond motifs is 1. The molecule has 3 heterocycles. The first-order valence-corrected chi connectivity index (χ1v) is 11.1. The topological polar surface area (TPSA) is 68.8 Å². The quantitative estimate of drug-likeness (QED) is 0.754. The van der Waals surface area contributed by atoms with Crippen LogP contribution in [0, 0.1) is 11.8 Å². The van der Waals surface area contributed by atoms with Crippen molar-refractivity contribution in [3.05, 3.63) is 24.4 Å². The van der Waals surface area contributed by atoms with Crippen molar-refractivity contribution < 1.29 is 9.59 Å². The van der Waals surface area contributed by atoms with Crippen LogP contribution in [-0.2, 0) is 9.59 Å². The summed E-state index contributed by atoms with van der Waals surface area (Å²) in [6.45, 7) is 5.74. The molecule has 1 aromatic rings. The van der Waals surface area contributed by atoms with Gasteiger partial charge in [0.1, 0.15) is 5.82 Å². The molecule has 2 aliphatic heterocycles. The second kappa shape index (κ2) is 8.65. The molecule has 0 aromatic carbocycles. The molecule has 7 nitrogen and oxygen atoms in total. The summed E-state index contributed by atoms with van der Waals surface area (Å²) in [4.78, 5) is 36.3. The van der Waals surface area contributed by atoms with Crippen LogP contribution in [0.4, 0.5) is 5.82 Å². The van der Waals surface area contributed by atoms with E-state index in [9.17, 15) is 9.59 Å². The van der Waals surface area contributed by atoms with Crippen LogP contribution in [0.1, 0.15) is 32.6 Å². The van der Waals surface area contributed by atoms with Crippen LogP contribution in [0.15, 0.2) is 24.4 Å². The molecule has 0 radical (unpaired) electrons. The molecule has 2 saturated heterocycles. The number of hydrogen-bond acceptors (Lipinski definition) is 5. The van der Waals surface area contributed by atoms with E-state index < -0.39 is 0 Å². The Morgan fingerprint density at radius 1 is 1.24 bits per heavy atom. The van der Waals surface area contributed by atoms with Crippen molar-refractivity contribution in [2.45, 2.75) is 38.6 Å². The maximum Gasteiger partial charge on any atom is 0.233 e. The van der Waals surface area contributed by atoms with Crippen LogP contribution < -0.4 is 10.2 Å². The monoisotopic (exact) mass is 415 g/mol. The number of nitrogens with one attached hydrogen (secondary N) is 1. The Hall–Kier alpha value is -2.22. The number of carbonyl (C=O) groups excluding carboxylic acids is 2. The highest BCUT2D eigenvalue weighted by Gasteiger charge is 2.44. The average molecular weight is 416 g/mol. The minimum Gasteiger partial charge on any atom is -0.359 e. The molecule has 29 heavy (non-hydrogen) atoms. The number of nitrogens with zero attached hydrogens (tertiary/aromatic N) is 4. The zero-order valence-corrected chi connectivity index (χ0v) is 17.7. The molecule has 3 atom stereocenters. The fourth-order valence-corrected chi connectivity index (χ4v) is 5.11. The van der Waals surface area contributed by atoms with Crippen molar-refractivity contribution in [1.29, 1.82) is 0 Å². The van der Waals surface area contributed by atoms with Crippen molar-refractivity contribution in [2.75, 3.05) is 37.6 Å². The molecule has 1 saturated carbocycles. The summed E-state index contributed by atoms with van der Waals surface area (Å²) in [7, 11) is 0. The van der Waals surface area contributed by atoms with Crippen LogP contribution in [0.3, 0.4) is 0 Å². The number of aromatic nitrogens is 1. The highest BCUT2D eigenvalue weighted by molar-refractivity contribution is 7.80. The predicted octanol–water partition coefficient (Wildman–Crippen LogP) is 1.64. The first kappa shape index (κ1) is 20.1. The van der Waals surface area contributed by atoms with Crippen LogP contribution in [0.25, 0.3) is 0 Å². The summed E-state index contributed by atoms with van der Waals surface area (Å²) >= 11 is 5.41. The number of anilines is 1. The third-order valence-corrected chi connectivity index (χ3v) is 6.69. The number of carbonyl (C=O) groups is 2. The predicted molar refractivity (Wildman–Crippen MR) is 115 cm³/mol. The van der Waals surface area contributed by atoms with Crippen LogP contribution in [-0.4, -0.2) is 70.5 Å². The average Bonchev–Trinajstić information content (AvgIpc) is 2.76. The summed E-state index contributed by atoms with van der Waals surface area (Å²) in [5, 5.41) is 3.87. The summed E-state index contributed by atoms with van der Waals surface area (Å²) in [6, 6.07) is 5.90. The van der Waals surface area contributed by atoms with E-state index in [0.29, 0.717) is 18.1 Å². The highest BCUT2D eigenvalue weighted by atomic mass is 32.1. The summed E-state index contributed by atoms with van der Waals surface area (Å²) < 4.78 is 0. The van der Waals surface area contributed by atoms with E-state index >= 15 is 0 Å². The zero-order chi connectivity index (χ0) is 20.4. The summed E-state index contributed by atoms with van der Waals surface area (Å²) in [5.41, 5.74) is 0. The summed E-state index contributed by atoms with van der Waals surface area (Å²) in [5.74, 6) is 1.24. The van der Waals surface area contributed by atoms with Gasteiger partial charge in [0, 0.05) is 50.9 Å². The zero-order valence-electron chi connectivity index (χ0n) is 16.9. The number of thiocarbonyl (C=S) groups is 1.